The SMILES string of the molecule is COc1ccc(Cn2c(=O)[nH]c3cc(C(=O)NC4CCC(C)CC4)ccc3c2=O)cc1. The minimum atomic E-state index is -0.507. The van der Waals surface area contributed by atoms with Gasteiger partial charge in [0.2, 0.25) is 0 Å². The van der Waals surface area contributed by atoms with E-state index in [0.29, 0.717) is 28.1 Å². The van der Waals surface area contributed by atoms with Gasteiger partial charge >= 0.3 is 5.69 Å². The average Bonchev–Trinajstić information content (AvgIpc) is 2.78. The summed E-state index contributed by atoms with van der Waals surface area (Å²) in [5, 5.41) is 3.45. The van der Waals surface area contributed by atoms with Gasteiger partial charge in [-0.3, -0.25) is 14.2 Å². The molecule has 4 rings (SSSR count). The Balaban J connectivity index is 1.58. The molecule has 31 heavy (non-hydrogen) atoms. The van der Waals surface area contributed by atoms with E-state index in [9.17, 15) is 14.4 Å². The molecular weight excluding hydrogens is 394 g/mol. The van der Waals surface area contributed by atoms with E-state index in [1.807, 2.05) is 12.1 Å². The number of carbonyl (C=O) groups is 1. The van der Waals surface area contributed by atoms with Gasteiger partial charge < -0.3 is 15.0 Å². The van der Waals surface area contributed by atoms with Gasteiger partial charge in [-0.1, -0.05) is 19.1 Å². The number of hydrogen-bond donors (Lipinski definition) is 2. The maximum atomic E-state index is 12.9. The third-order valence-electron chi connectivity index (χ3n) is 6.09. The molecule has 1 aromatic heterocycles. The second-order valence-corrected chi connectivity index (χ2v) is 8.36. The minimum absolute atomic E-state index is 0.149. The number of carbonyl (C=O) groups excluding carboxylic acids is 1. The van der Waals surface area contributed by atoms with Crippen LogP contribution in [0.5, 0.6) is 5.75 Å². The van der Waals surface area contributed by atoms with Crippen LogP contribution in [0, 0.1) is 5.92 Å². The number of methoxy groups -OCH3 is 1. The first-order valence-corrected chi connectivity index (χ1v) is 10.7. The normalized spacial score (nSPS) is 18.6. The Labute approximate surface area is 180 Å². The zero-order valence-electron chi connectivity index (χ0n) is 17.8. The highest BCUT2D eigenvalue weighted by molar-refractivity contribution is 5.97. The average molecular weight is 421 g/mol. The van der Waals surface area contributed by atoms with E-state index < -0.39 is 5.69 Å². The second kappa shape index (κ2) is 8.79. The van der Waals surface area contributed by atoms with Crippen LogP contribution in [-0.4, -0.2) is 28.6 Å². The third-order valence-corrected chi connectivity index (χ3v) is 6.09. The first kappa shape index (κ1) is 20.9. The predicted octanol–water partition coefficient (Wildman–Crippen LogP) is 3.06. The quantitative estimate of drug-likeness (QED) is 0.662. The Morgan fingerprint density at radius 1 is 1.10 bits per heavy atom. The van der Waals surface area contributed by atoms with Crippen LogP contribution in [0.3, 0.4) is 0 Å². The predicted molar refractivity (Wildman–Crippen MR) is 120 cm³/mol. The fraction of sp³-hybridized carbons (Fsp3) is 0.375. The number of amides is 1. The van der Waals surface area contributed by atoms with Crippen molar-refractivity contribution in [1.82, 2.24) is 14.9 Å². The summed E-state index contributed by atoms with van der Waals surface area (Å²) in [4.78, 5) is 40.9. The lowest BCUT2D eigenvalue weighted by molar-refractivity contribution is 0.0923. The van der Waals surface area contributed by atoms with E-state index in [0.717, 1.165) is 35.8 Å². The Morgan fingerprint density at radius 2 is 1.81 bits per heavy atom. The van der Waals surface area contributed by atoms with Crippen molar-refractivity contribution >= 4 is 16.8 Å². The standard InChI is InChI=1S/C24H27N3O4/c1-15-3-8-18(9-4-15)25-22(28)17-7-12-20-21(13-17)26-24(30)27(23(20)29)14-16-5-10-19(31-2)11-6-16/h5-7,10-13,15,18H,3-4,8-9,14H2,1-2H3,(H,25,28)(H,26,30). The van der Waals surface area contributed by atoms with Crippen LogP contribution < -0.4 is 21.3 Å². The highest BCUT2D eigenvalue weighted by Crippen LogP contribution is 2.23. The molecular formula is C24H27N3O4. The molecule has 0 unspecified atom stereocenters. The van der Waals surface area contributed by atoms with Crippen LogP contribution in [0.25, 0.3) is 10.9 Å². The van der Waals surface area contributed by atoms with Crippen LogP contribution in [-0.2, 0) is 6.54 Å². The fourth-order valence-corrected chi connectivity index (χ4v) is 4.13. The van der Waals surface area contributed by atoms with Gasteiger partial charge in [0.15, 0.2) is 0 Å². The molecule has 7 heteroatoms. The number of benzene rings is 2. The molecule has 0 radical (unpaired) electrons. The summed E-state index contributed by atoms with van der Waals surface area (Å²) in [5.74, 6) is 1.24. The van der Waals surface area contributed by atoms with Crippen molar-refractivity contribution in [1.29, 1.82) is 0 Å². The highest BCUT2D eigenvalue weighted by atomic mass is 16.5. The maximum Gasteiger partial charge on any atom is 0.329 e. The van der Waals surface area contributed by atoms with Crippen LogP contribution >= 0.6 is 0 Å². The lowest BCUT2D eigenvalue weighted by atomic mass is 9.87. The van der Waals surface area contributed by atoms with Gasteiger partial charge in [-0.25, -0.2) is 4.79 Å². The highest BCUT2D eigenvalue weighted by Gasteiger charge is 2.20. The van der Waals surface area contributed by atoms with Gasteiger partial charge in [0.25, 0.3) is 11.5 Å². The van der Waals surface area contributed by atoms with Crippen molar-refractivity contribution in [3.05, 3.63) is 74.4 Å². The van der Waals surface area contributed by atoms with Gasteiger partial charge in [-0.2, -0.15) is 0 Å². The monoisotopic (exact) mass is 421 g/mol. The summed E-state index contributed by atoms with van der Waals surface area (Å²) in [7, 11) is 1.58. The first-order valence-electron chi connectivity index (χ1n) is 10.7. The fourth-order valence-electron chi connectivity index (χ4n) is 4.13. The maximum absolute atomic E-state index is 12.9. The number of nitrogens with one attached hydrogen (secondary N) is 2. The number of ether oxygens (including phenoxy) is 1. The smallest absolute Gasteiger partial charge is 0.329 e. The van der Waals surface area contributed by atoms with Gasteiger partial charge in [0, 0.05) is 11.6 Å². The molecule has 162 valence electrons. The van der Waals surface area contributed by atoms with Crippen molar-refractivity contribution in [3.8, 4) is 5.75 Å². The van der Waals surface area contributed by atoms with Gasteiger partial charge in [-0.15, -0.1) is 0 Å². The minimum Gasteiger partial charge on any atom is -0.497 e. The molecule has 0 spiro atoms. The van der Waals surface area contributed by atoms with Crippen LogP contribution in [0.2, 0.25) is 0 Å². The summed E-state index contributed by atoms with van der Waals surface area (Å²) < 4.78 is 6.30. The van der Waals surface area contributed by atoms with Gasteiger partial charge in [-0.05, 0) is 67.5 Å². The summed E-state index contributed by atoms with van der Waals surface area (Å²) in [6.45, 7) is 2.38. The molecule has 2 aromatic carbocycles. The number of hydrogen-bond acceptors (Lipinski definition) is 4. The lowest BCUT2D eigenvalue weighted by Crippen LogP contribution is -2.37. The van der Waals surface area contributed by atoms with E-state index in [4.69, 9.17) is 4.74 Å². The Kier molecular flexibility index (Phi) is 5.93. The van der Waals surface area contributed by atoms with E-state index in [1.165, 1.54) is 0 Å². The summed E-state index contributed by atoms with van der Waals surface area (Å²) >= 11 is 0. The van der Waals surface area contributed by atoms with Crippen LogP contribution in [0.15, 0.2) is 52.1 Å². The third kappa shape index (κ3) is 4.55. The molecule has 2 N–H and O–H groups in total. The van der Waals surface area contributed by atoms with Crippen molar-refractivity contribution < 1.29 is 9.53 Å². The van der Waals surface area contributed by atoms with Crippen molar-refractivity contribution in [2.24, 2.45) is 5.92 Å². The van der Waals surface area contributed by atoms with E-state index in [-0.39, 0.29) is 24.1 Å². The Hall–Kier alpha value is -3.35. The zero-order chi connectivity index (χ0) is 22.0. The molecule has 1 aliphatic rings. The molecule has 0 bridgehead atoms. The summed E-state index contributed by atoms with van der Waals surface area (Å²) in [6, 6.07) is 12.2. The molecule has 1 amide bonds. The molecule has 1 saturated carbocycles. The molecule has 7 nitrogen and oxygen atoms in total. The summed E-state index contributed by atoms with van der Waals surface area (Å²) in [6.07, 6.45) is 4.19. The molecule has 1 heterocycles. The molecule has 1 aliphatic carbocycles. The van der Waals surface area contributed by atoms with Gasteiger partial charge in [0.1, 0.15) is 5.75 Å². The molecule has 1 fully saturated rings. The van der Waals surface area contributed by atoms with Crippen molar-refractivity contribution in [3.63, 3.8) is 0 Å². The number of rotatable bonds is 5. The van der Waals surface area contributed by atoms with E-state index in [1.54, 1.807) is 37.4 Å². The second-order valence-electron chi connectivity index (χ2n) is 8.36. The van der Waals surface area contributed by atoms with Crippen molar-refractivity contribution in [2.75, 3.05) is 7.11 Å². The zero-order valence-corrected chi connectivity index (χ0v) is 17.8. The number of fused-ring (bicyclic) bond motifs is 1. The topological polar surface area (TPSA) is 93.2 Å². The summed E-state index contributed by atoms with van der Waals surface area (Å²) in [5.41, 5.74) is 0.723. The largest absolute Gasteiger partial charge is 0.497 e. The molecule has 0 saturated heterocycles. The Morgan fingerprint density at radius 3 is 2.48 bits per heavy atom. The number of aromatic nitrogens is 2. The van der Waals surface area contributed by atoms with Crippen LogP contribution in [0.1, 0.15) is 48.5 Å². The molecule has 0 aliphatic heterocycles. The first-order chi connectivity index (χ1) is 14.9. The Bertz CT molecular complexity index is 1200. The van der Waals surface area contributed by atoms with E-state index >= 15 is 0 Å². The number of aromatic amines is 1. The van der Waals surface area contributed by atoms with Crippen molar-refractivity contribution in [2.45, 2.75) is 45.2 Å². The number of H-pyrrole nitrogens is 1. The lowest BCUT2D eigenvalue weighted by Gasteiger charge is -2.26. The molecule has 0 atom stereocenters. The van der Waals surface area contributed by atoms with E-state index in [2.05, 4.69) is 17.2 Å². The van der Waals surface area contributed by atoms with Crippen LogP contribution in [0.4, 0.5) is 0 Å². The molecule has 3 aromatic rings. The van der Waals surface area contributed by atoms with Gasteiger partial charge in [0.05, 0.1) is 24.6 Å². The number of nitrogens with zero attached hydrogens (tertiary/aromatic N) is 1.